The minimum Gasteiger partial charge on any atom is -0.392 e. The number of aromatic nitrogens is 2. The van der Waals surface area contributed by atoms with E-state index in [1.165, 1.54) is 0 Å². The maximum atomic E-state index is 9.22. The van der Waals surface area contributed by atoms with Crippen LogP contribution < -0.4 is 0 Å². The number of nitrogens with zero attached hydrogens (tertiary/aromatic N) is 2. The van der Waals surface area contributed by atoms with Gasteiger partial charge in [0, 0.05) is 18.8 Å². The molecule has 0 saturated heterocycles. The van der Waals surface area contributed by atoms with Crippen LogP contribution >= 0.6 is 0 Å². The van der Waals surface area contributed by atoms with E-state index in [0.717, 1.165) is 22.6 Å². The van der Waals surface area contributed by atoms with Crippen molar-refractivity contribution in [1.82, 2.24) is 9.55 Å². The topological polar surface area (TPSA) is 38.1 Å². The van der Waals surface area contributed by atoms with Gasteiger partial charge in [-0.2, -0.15) is 0 Å². The van der Waals surface area contributed by atoms with E-state index in [9.17, 15) is 5.11 Å². The Morgan fingerprint density at radius 1 is 1.33 bits per heavy atom. The molecule has 0 atom stereocenters. The van der Waals surface area contributed by atoms with Gasteiger partial charge in [-0.15, -0.1) is 0 Å². The van der Waals surface area contributed by atoms with Gasteiger partial charge in [0.25, 0.3) is 0 Å². The molecule has 2 aromatic rings. The Morgan fingerprint density at radius 3 is 2.67 bits per heavy atom. The van der Waals surface area contributed by atoms with Crippen LogP contribution in [-0.2, 0) is 13.7 Å². The first-order valence-corrected chi connectivity index (χ1v) is 4.91. The molecule has 2 rings (SSSR count). The summed E-state index contributed by atoms with van der Waals surface area (Å²) in [6.07, 6.45) is 1.98. The number of aliphatic hydroxyl groups is 1. The molecule has 0 unspecified atom stereocenters. The summed E-state index contributed by atoms with van der Waals surface area (Å²) in [4.78, 5) is 4.44. The van der Waals surface area contributed by atoms with Crippen LogP contribution in [0.15, 0.2) is 30.5 Å². The molecular formula is C12H14N2O. The van der Waals surface area contributed by atoms with Crippen molar-refractivity contribution in [1.29, 1.82) is 0 Å². The summed E-state index contributed by atoms with van der Waals surface area (Å²) in [7, 11) is 1.97. The number of rotatable bonds is 2. The van der Waals surface area contributed by atoms with Crippen LogP contribution in [0.25, 0.3) is 11.3 Å². The van der Waals surface area contributed by atoms with Gasteiger partial charge in [0.15, 0.2) is 0 Å². The van der Waals surface area contributed by atoms with Crippen molar-refractivity contribution in [2.24, 2.45) is 7.05 Å². The fourth-order valence-electron chi connectivity index (χ4n) is 1.60. The van der Waals surface area contributed by atoms with Gasteiger partial charge in [0.05, 0.1) is 12.3 Å². The second-order valence-corrected chi connectivity index (χ2v) is 3.60. The maximum absolute atomic E-state index is 9.22. The molecule has 0 aliphatic rings. The average molecular weight is 202 g/mol. The van der Waals surface area contributed by atoms with Gasteiger partial charge < -0.3 is 9.67 Å². The van der Waals surface area contributed by atoms with Gasteiger partial charge in [0.1, 0.15) is 5.82 Å². The van der Waals surface area contributed by atoms with Gasteiger partial charge in [-0.1, -0.05) is 24.3 Å². The Morgan fingerprint density at radius 2 is 2.07 bits per heavy atom. The molecule has 1 aromatic carbocycles. The molecule has 0 aliphatic carbocycles. The first kappa shape index (κ1) is 9.93. The highest BCUT2D eigenvalue weighted by Gasteiger charge is 2.07. The van der Waals surface area contributed by atoms with Crippen molar-refractivity contribution in [3.8, 4) is 11.3 Å². The standard InChI is InChI=1S/C12H14N2O/c1-9-13-12(7-14(9)2)11-6-4-3-5-10(11)8-15/h3-7,15H,8H2,1-2H3. The Kier molecular flexibility index (Phi) is 2.56. The molecule has 3 heteroatoms. The molecule has 0 bridgehead atoms. The van der Waals surface area contributed by atoms with Crippen molar-refractivity contribution in [2.75, 3.05) is 0 Å². The van der Waals surface area contributed by atoms with Crippen LogP contribution in [0, 0.1) is 6.92 Å². The molecule has 1 heterocycles. The van der Waals surface area contributed by atoms with Crippen LogP contribution in [0.2, 0.25) is 0 Å². The molecule has 0 fully saturated rings. The van der Waals surface area contributed by atoms with Crippen molar-refractivity contribution >= 4 is 0 Å². The molecule has 0 aliphatic heterocycles. The Bertz CT molecular complexity index is 455. The van der Waals surface area contributed by atoms with E-state index in [2.05, 4.69) is 4.98 Å². The van der Waals surface area contributed by atoms with E-state index in [-0.39, 0.29) is 6.61 Å². The number of benzene rings is 1. The minimum atomic E-state index is 0.0474. The zero-order chi connectivity index (χ0) is 10.8. The van der Waals surface area contributed by atoms with Crippen LogP contribution in [0.1, 0.15) is 11.4 Å². The quantitative estimate of drug-likeness (QED) is 0.807. The molecule has 78 valence electrons. The monoisotopic (exact) mass is 202 g/mol. The first-order valence-electron chi connectivity index (χ1n) is 4.91. The van der Waals surface area contributed by atoms with E-state index < -0.39 is 0 Å². The third kappa shape index (κ3) is 1.78. The zero-order valence-electron chi connectivity index (χ0n) is 8.94. The Labute approximate surface area is 89.0 Å². The van der Waals surface area contributed by atoms with E-state index in [1.807, 2.05) is 49.0 Å². The Hall–Kier alpha value is -1.61. The highest BCUT2D eigenvalue weighted by molar-refractivity contribution is 5.63. The Balaban J connectivity index is 2.53. The zero-order valence-corrected chi connectivity index (χ0v) is 8.94. The average Bonchev–Trinajstić information content (AvgIpc) is 2.59. The summed E-state index contributed by atoms with van der Waals surface area (Å²) < 4.78 is 1.98. The summed E-state index contributed by atoms with van der Waals surface area (Å²) >= 11 is 0. The summed E-state index contributed by atoms with van der Waals surface area (Å²) in [5, 5.41) is 9.22. The lowest BCUT2D eigenvalue weighted by Crippen LogP contribution is -1.88. The molecular weight excluding hydrogens is 188 g/mol. The summed E-state index contributed by atoms with van der Waals surface area (Å²) in [5.41, 5.74) is 2.83. The summed E-state index contributed by atoms with van der Waals surface area (Å²) in [5.74, 6) is 0.970. The lowest BCUT2D eigenvalue weighted by Gasteiger charge is -2.02. The maximum Gasteiger partial charge on any atom is 0.105 e. The molecule has 1 aromatic heterocycles. The second kappa shape index (κ2) is 3.87. The van der Waals surface area contributed by atoms with Gasteiger partial charge in [-0.25, -0.2) is 4.98 Å². The molecule has 0 amide bonds. The van der Waals surface area contributed by atoms with E-state index >= 15 is 0 Å². The molecule has 1 N–H and O–H groups in total. The SMILES string of the molecule is Cc1nc(-c2ccccc2CO)cn1C. The predicted octanol–water partition coefficient (Wildman–Crippen LogP) is 1.89. The third-order valence-electron chi connectivity index (χ3n) is 2.57. The molecule has 0 saturated carbocycles. The molecule has 15 heavy (non-hydrogen) atoms. The number of imidazole rings is 1. The number of aryl methyl sites for hydroxylation is 2. The number of aliphatic hydroxyl groups excluding tert-OH is 1. The van der Waals surface area contributed by atoms with Crippen LogP contribution in [0.4, 0.5) is 0 Å². The molecule has 0 radical (unpaired) electrons. The van der Waals surface area contributed by atoms with E-state index in [0.29, 0.717) is 0 Å². The highest BCUT2D eigenvalue weighted by atomic mass is 16.3. The molecule has 3 nitrogen and oxygen atoms in total. The fraction of sp³-hybridized carbons (Fsp3) is 0.250. The van der Waals surface area contributed by atoms with Crippen LogP contribution in [0.5, 0.6) is 0 Å². The second-order valence-electron chi connectivity index (χ2n) is 3.60. The van der Waals surface area contributed by atoms with Crippen molar-refractivity contribution in [3.63, 3.8) is 0 Å². The first-order chi connectivity index (χ1) is 7.22. The normalized spacial score (nSPS) is 10.6. The van der Waals surface area contributed by atoms with Crippen molar-refractivity contribution < 1.29 is 5.11 Å². The largest absolute Gasteiger partial charge is 0.392 e. The fourth-order valence-corrected chi connectivity index (χ4v) is 1.60. The summed E-state index contributed by atoms with van der Waals surface area (Å²) in [6.45, 7) is 2.01. The van der Waals surface area contributed by atoms with Gasteiger partial charge in [-0.05, 0) is 12.5 Å². The minimum absolute atomic E-state index is 0.0474. The van der Waals surface area contributed by atoms with E-state index in [1.54, 1.807) is 0 Å². The van der Waals surface area contributed by atoms with Gasteiger partial charge >= 0.3 is 0 Å². The van der Waals surface area contributed by atoms with Crippen LogP contribution in [0.3, 0.4) is 0 Å². The van der Waals surface area contributed by atoms with Gasteiger partial charge in [0.2, 0.25) is 0 Å². The summed E-state index contributed by atoms with van der Waals surface area (Å²) in [6, 6.07) is 7.77. The van der Waals surface area contributed by atoms with Crippen molar-refractivity contribution in [3.05, 3.63) is 41.9 Å². The van der Waals surface area contributed by atoms with Crippen LogP contribution in [-0.4, -0.2) is 14.7 Å². The van der Waals surface area contributed by atoms with Gasteiger partial charge in [-0.3, -0.25) is 0 Å². The lowest BCUT2D eigenvalue weighted by molar-refractivity contribution is 0.282. The molecule has 0 spiro atoms. The lowest BCUT2D eigenvalue weighted by atomic mass is 10.1. The smallest absolute Gasteiger partial charge is 0.105 e. The number of hydrogen-bond acceptors (Lipinski definition) is 2. The third-order valence-corrected chi connectivity index (χ3v) is 2.57. The van der Waals surface area contributed by atoms with Crippen molar-refractivity contribution in [2.45, 2.75) is 13.5 Å². The highest BCUT2D eigenvalue weighted by Crippen LogP contribution is 2.22. The predicted molar refractivity (Wildman–Crippen MR) is 59.3 cm³/mol. The van der Waals surface area contributed by atoms with E-state index in [4.69, 9.17) is 0 Å². The number of hydrogen-bond donors (Lipinski definition) is 1.